The van der Waals surface area contributed by atoms with Crippen molar-refractivity contribution in [3.8, 4) is 11.5 Å². The molecule has 0 saturated carbocycles. The molecular weight excluding hydrogens is 262 g/mol. The van der Waals surface area contributed by atoms with Crippen molar-refractivity contribution in [2.24, 2.45) is 0 Å². The highest BCUT2D eigenvalue weighted by molar-refractivity contribution is 5.41. The normalized spacial score (nSPS) is 17.3. The first-order valence-electron chi connectivity index (χ1n) is 7.45. The van der Waals surface area contributed by atoms with Crippen molar-refractivity contribution >= 4 is 0 Å². The topological polar surface area (TPSA) is 41.5 Å². The fourth-order valence-electron chi connectivity index (χ4n) is 3.05. The van der Waals surface area contributed by atoms with Crippen molar-refractivity contribution < 1.29 is 9.84 Å². The maximum Gasteiger partial charge on any atom is 0.160 e. The van der Waals surface area contributed by atoms with Crippen LogP contribution in [0.4, 0.5) is 0 Å². The average Bonchev–Trinajstić information content (AvgIpc) is 2.53. The number of methoxy groups -OCH3 is 1. The minimum atomic E-state index is 0.195. The van der Waals surface area contributed by atoms with Gasteiger partial charge < -0.3 is 15.2 Å². The molecule has 0 radical (unpaired) electrons. The van der Waals surface area contributed by atoms with E-state index >= 15 is 0 Å². The van der Waals surface area contributed by atoms with Crippen LogP contribution in [0.15, 0.2) is 42.5 Å². The second-order valence-corrected chi connectivity index (χ2v) is 5.53. The zero-order valence-corrected chi connectivity index (χ0v) is 12.3. The van der Waals surface area contributed by atoms with Gasteiger partial charge in [-0.05, 0) is 48.1 Å². The first-order chi connectivity index (χ1) is 10.3. The van der Waals surface area contributed by atoms with E-state index in [1.165, 1.54) is 30.4 Å². The van der Waals surface area contributed by atoms with Crippen LogP contribution in [0.5, 0.6) is 11.5 Å². The molecule has 0 unspecified atom stereocenters. The molecule has 1 aliphatic rings. The van der Waals surface area contributed by atoms with Crippen LogP contribution in [0.3, 0.4) is 0 Å². The summed E-state index contributed by atoms with van der Waals surface area (Å²) in [6, 6.07) is 14.6. The van der Waals surface area contributed by atoms with E-state index in [2.05, 4.69) is 29.6 Å². The highest BCUT2D eigenvalue weighted by Crippen LogP contribution is 2.30. The monoisotopic (exact) mass is 283 g/mol. The third-order valence-electron chi connectivity index (χ3n) is 4.17. The van der Waals surface area contributed by atoms with Crippen LogP contribution < -0.4 is 10.1 Å². The van der Waals surface area contributed by atoms with Crippen LogP contribution in [0.2, 0.25) is 0 Å². The quantitative estimate of drug-likeness (QED) is 0.901. The molecule has 0 aliphatic heterocycles. The summed E-state index contributed by atoms with van der Waals surface area (Å²) < 4.78 is 5.07. The van der Waals surface area contributed by atoms with Crippen molar-refractivity contribution in [3.63, 3.8) is 0 Å². The van der Waals surface area contributed by atoms with E-state index < -0.39 is 0 Å². The molecule has 110 valence electrons. The SMILES string of the molecule is COc1ccc(CN[C@@H]2CCCc3ccccc32)cc1O. The van der Waals surface area contributed by atoms with Gasteiger partial charge in [-0.2, -0.15) is 0 Å². The van der Waals surface area contributed by atoms with Crippen LogP contribution in [-0.4, -0.2) is 12.2 Å². The van der Waals surface area contributed by atoms with Crippen molar-refractivity contribution in [1.82, 2.24) is 5.32 Å². The smallest absolute Gasteiger partial charge is 0.160 e. The number of nitrogens with one attached hydrogen (secondary N) is 1. The number of hydrogen-bond donors (Lipinski definition) is 2. The van der Waals surface area contributed by atoms with Crippen molar-refractivity contribution in [3.05, 3.63) is 59.2 Å². The van der Waals surface area contributed by atoms with Gasteiger partial charge in [0.1, 0.15) is 0 Å². The Kier molecular flexibility index (Phi) is 4.11. The van der Waals surface area contributed by atoms with Gasteiger partial charge in [-0.3, -0.25) is 0 Å². The van der Waals surface area contributed by atoms with E-state index in [1.807, 2.05) is 6.07 Å². The van der Waals surface area contributed by atoms with Gasteiger partial charge in [0, 0.05) is 12.6 Å². The molecule has 1 aliphatic carbocycles. The molecule has 3 rings (SSSR count). The second kappa shape index (κ2) is 6.19. The predicted octanol–water partition coefficient (Wildman–Crippen LogP) is 3.57. The molecule has 21 heavy (non-hydrogen) atoms. The Balaban J connectivity index is 1.70. The molecule has 0 fully saturated rings. The van der Waals surface area contributed by atoms with E-state index in [9.17, 15) is 5.11 Å². The molecule has 0 amide bonds. The lowest BCUT2D eigenvalue weighted by Gasteiger charge is -2.26. The number of benzene rings is 2. The highest BCUT2D eigenvalue weighted by atomic mass is 16.5. The molecule has 2 aromatic carbocycles. The van der Waals surface area contributed by atoms with Gasteiger partial charge in [-0.25, -0.2) is 0 Å². The fourth-order valence-corrected chi connectivity index (χ4v) is 3.05. The molecule has 2 N–H and O–H groups in total. The lowest BCUT2D eigenvalue weighted by atomic mass is 9.87. The summed E-state index contributed by atoms with van der Waals surface area (Å²) in [5, 5.41) is 13.4. The lowest BCUT2D eigenvalue weighted by Crippen LogP contribution is -2.24. The maximum absolute atomic E-state index is 9.83. The summed E-state index contributed by atoms with van der Waals surface area (Å²) in [5.41, 5.74) is 3.94. The molecule has 1 atom stereocenters. The maximum atomic E-state index is 9.83. The molecule has 2 aromatic rings. The average molecular weight is 283 g/mol. The second-order valence-electron chi connectivity index (χ2n) is 5.53. The van der Waals surface area contributed by atoms with Crippen LogP contribution >= 0.6 is 0 Å². The molecule has 0 spiro atoms. The Bertz CT molecular complexity index is 624. The number of phenolic OH excluding ortho intramolecular Hbond substituents is 1. The van der Waals surface area contributed by atoms with E-state index in [1.54, 1.807) is 19.2 Å². The Morgan fingerprint density at radius 1 is 1.24 bits per heavy atom. The van der Waals surface area contributed by atoms with E-state index in [0.717, 1.165) is 12.1 Å². The molecule has 3 nitrogen and oxygen atoms in total. The van der Waals surface area contributed by atoms with Crippen LogP contribution in [-0.2, 0) is 13.0 Å². The first kappa shape index (κ1) is 14.0. The van der Waals surface area contributed by atoms with Gasteiger partial charge in [-0.1, -0.05) is 30.3 Å². The third-order valence-corrected chi connectivity index (χ3v) is 4.17. The number of phenols is 1. The summed E-state index contributed by atoms with van der Waals surface area (Å²) in [4.78, 5) is 0. The van der Waals surface area contributed by atoms with Gasteiger partial charge in [0.05, 0.1) is 7.11 Å². The first-order valence-corrected chi connectivity index (χ1v) is 7.45. The molecular formula is C18H21NO2. The number of aryl methyl sites for hydroxylation is 1. The fraction of sp³-hybridized carbons (Fsp3) is 0.333. The zero-order valence-electron chi connectivity index (χ0n) is 12.3. The van der Waals surface area contributed by atoms with Gasteiger partial charge in [-0.15, -0.1) is 0 Å². The van der Waals surface area contributed by atoms with Crippen molar-refractivity contribution in [1.29, 1.82) is 0 Å². The minimum Gasteiger partial charge on any atom is -0.504 e. The minimum absolute atomic E-state index is 0.195. The molecule has 0 saturated heterocycles. The number of ether oxygens (including phenoxy) is 1. The number of rotatable bonds is 4. The Morgan fingerprint density at radius 3 is 2.90 bits per heavy atom. The van der Waals surface area contributed by atoms with Crippen molar-refractivity contribution in [2.45, 2.75) is 31.8 Å². The molecule has 0 heterocycles. The Morgan fingerprint density at radius 2 is 2.10 bits per heavy atom. The van der Waals surface area contributed by atoms with E-state index in [4.69, 9.17) is 4.74 Å². The van der Waals surface area contributed by atoms with Crippen LogP contribution in [0, 0.1) is 0 Å². The van der Waals surface area contributed by atoms with E-state index in [-0.39, 0.29) is 5.75 Å². The zero-order chi connectivity index (χ0) is 14.7. The van der Waals surface area contributed by atoms with Crippen LogP contribution in [0.1, 0.15) is 35.6 Å². The largest absolute Gasteiger partial charge is 0.504 e. The third kappa shape index (κ3) is 3.03. The number of aromatic hydroxyl groups is 1. The number of hydrogen-bond acceptors (Lipinski definition) is 3. The molecule has 0 aromatic heterocycles. The summed E-state index contributed by atoms with van der Waals surface area (Å²) >= 11 is 0. The summed E-state index contributed by atoms with van der Waals surface area (Å²) in [6.45, 7) is 0.747. The van der Waals surface area contributed by atoms with Gasteiger partial charge in [0.25, 0.3) is 0 Å². The summed E-state index contributed by atoms with van der Waals surface area (Å²) in [6.07, 6.45) is 3.57. The summed E-state index contributed by atoms with van der Waals surface area (Å²) in [5.74, 6) is 0.711. The van der Waals surface area contributed by atoms with Gasteiger partial charge in [0.2, 0.25) is 0 Å². The standard InChI is InChI=1S/C18H21NO2/c1-21-18-10-9-13(11-17(18)20)12-19-16-8-4-6-14-5-2-3-7-15(14)16/h2-3,5,7,9-11,16,19-20H,4,6,8,12H2,1H3/t16-/m1/s1. The molecule has 0 bridgehead atoms. The lowest BCUT2D eigenvalue weighted by molar-refractivity contribution is 0.372. The Hall–Kier alpha value is -2.00. The highest BCUT2D eigenvalue weighted by Gasteiger charge is 2.19. The Labute approximate surface area is 125 Å². The molecule has 3 heteroatoms. The predicted molar refractivity (Wildman–Crippen MR) is 83.6 cm³/mol. The number of fused-ring (bicyclic) bond motifs is 1. The van der Waals surface area contributed by atoms with Gasteiger partial charge >= 0.3 is 0 Å². The van der Waals surface area contributed by atoms with Crippen molar-refractivity contribution in [2.75, 3.05) is 7.11 Å². The van der Waals surface area contributed by atoms with Gasteiger partial charge in [0.15, 0.2) is 11.5 Å². The summed E-state index contributed by atoms with van der Waals surface area (Å²) in [7, 11) is 1.56. The van der Waals surface area contributed by atoms with E-state index in [0.29, 0.717) is 11.8 Å². The van der Waals surface area contributed by atoms with Crippen LogP contribution in [0.25, 0.3) is 0 Å².